The van der Waals surface area contributed by atoms with Gasteiger partial charge in [0.15, 0.2) is 0 Å². The molecule has 1 aromatic rings. The van der Waals surface area contributed by atoms with Gasteiger partial charge in [-0.25, -0.2) is 27.2 Å². The number of ether oxygens (including phenoxy) is 3. The van der Waals surface area contributed by atoms with Crippen molar-refractivity contribution in [2.24, 2.45) is 5.92 Å². The molecule has 0 spiro atoms. The lowest BCUT2D eigenvalue weighted by Gasteiger charge is -2.32. The van der Waals surface area contributed by atoms with Gasteiger partial charge in [-0.2, -0.15) is 0 Å². The standard InChI is InChI=1S/C37H45FN6O12S/c1-5-20-14-37(20,33(49)41-57(52,53)23-9-10-23)40-30(46)27-11-22(55-35(51)42-15-19-7-6-8-25(38)24(19)18-42)17-44(27)31(47)26(39-34(50)56-36(2,3)4)13-29(45)43-16-21-12-28(43)32(48)54-21/h5-8,20-23,26-28H,1,9-18H2,2-4H3,(H,39,50)(H,40,46)(H,41,49)/t20-,21-,22-,26+,27+,28-,37-/m1/s1. The first-order valence-electron chi connectivity index (χ1n) is 18.8. The second kappa shape index (κ2) is 14.6. The van der Waals surface area contributed by atoms with Crippen LogP contribution in [-0.2, 0) is 61.3 Å². The summed E-state index contributed by atoms with van der Waals surface area (Å²) >= 11 is 0. The maximum Gasteiger partial charge on any atom is 0.410 e. The third-order valence-corrected chi connectivity index (χ3v) is 12.9. The summed E-state index contributed by atoms with van der Waals surface area (Å²) in [6.07, 6.45) is -2.05. The van der Waals surface area contributed by atoms with Gasteiger partial charge in [0.05, 0.1) is 31.3 Å². The second-order valence-corrected chi connectivity index (χ2v) is 18.4. The predicted octanol–water partition coefficient (Wildman–Crippen LogP) is 0.726. The van der Waals surface area contributed by atoms with Gasteiger partial charge in [-0.3, -0.25) is 28.8 Å². The lowest BCUT2D eigenvalue weighted by Crippen LogP contribution is -2.59. The third kappa shape index (κ3) is 8.13. The summed E-state index contributed by atoms with van der Waals surface area (Å²) in [7, 11) is -4.01. The summed E-state index contributed by atoms with van der Waals surface area (Å²) < 4.78 is 58.3. The summed E-state index contributed by atoms with van der Waals surface area (Å²) in [6.45, 7) is 8.11. The second-order valence-electron chi connectivity index (χ2n) is 16.4. The zero-order chi connectivity index (χ0) is 41.2. The molecule has 7 atom stereocenters. The normalized spacial score (nSPS) is 27.9. The number of fused-ring (bicyclic) bond motifs is 3. The average molecular weight is 817 g/mol. The van der Waals surface area contributed by atoms with Crippen LogP contribution in [0, 0.1) is 11.7 Å². The monoisotopic (exact) mass is 816 g/mol. The van der Waals surface area contributed by atoms with Gasteiger partial charge in [-0.1, -0.05) is 18.2 Å². The van der Waals surface area contributed by atoms with Crippen LogP contribution < -0.4 is 15.4 Å². The molecule has 308 valence electrons. The van der Waals surface area contributed by atoms with Gasteiger partial charge in [-0.15, -0.1) is 6.58 Å². The molecular weight excluding hydrogens is 772 g/mol. The minimum atomic E-state index is -4.01. The van der Waals surface area contributed by atoms with Gasteiger partial charge < -0.3 is 34.6 Å². The van der Waals surface area contributed by atoms with Crippen molar-refractivity contribution in [3.63, 3.8) is 0 Å². The molecule has 2 bridgehead atoms. The third-order valence-electron chi connectivity index (χ3n) is 11.1. The molecular formula is C37H45FN6O12S. The maximum atomic E-state index is 14.6. The molecule has 20 heteroatoms. The molecule has 4 heterocycles. The van der Waals surface area contributed by atoms with Crippen LogP contribution in [-0.4, -0.2) is 125 Å². The fourth-order valence-corrected chi connectivity index (χ4v) is 9.25. The number of nitrogens with zero attached hydrogens (tertiary/aromatic N) is 3. The summed E-state index contributed by atoms with van der Waals surface area (Å²) in [5.41, 5.74) is -1.82. The Kier molecular flexibility index (Phi) is 10.2. The Morgan fingerprint density at radius 1 is 1.09 bits per heavy atom. The van der Waals surface area contributed by atoms with Crippen molar-refractivity contribution in [1.29, 1.82) is 0 Å². The Morgan fingerprint density at radius 2 is 1.82 bits per heavy atom. The summed E-state index contributed by atoms with van der Waals surface area (Å²) in [5.74, 6) is -5.21. The molecule has 3 N–H and O–H groups in total. The minimum Gasteiger partial charge on any atom is -0.459 e. The van der Waals surface area contributed by atoms with Crippen molar-refractivity contribution >= 4 is 51.8 Å². The number of halogens is 1. The van der Waals surface area contributed by atoms with Crippen molar-refractivity contribution in [3.05, 3.63) is 47.8 Å². The van der Waals surface area contributed by atoms with Gasteiger partial charge >= 0.3 is 18.2 Å². The van der Waals surface area contributed by atoms with E-state index in [1.165, 1.54) is 28.0 Å². The van der Waals surface area contributed by atoms with E-state index < -0.39 is 123 Å². The van der Waals surface area contributed by atoms with Crippen molar-refractivity contribution in [1.82, 2.24) is 30.1 Å². The van der Waals surface area contributed by atoms with Gasteiger partial charge in [0, 0.05) is 30.9 Å². The Hall–Kier alpha value is -5.27. The van der Waals surface area contributed by atoms with E-state index >= 15 is 0 Å². The van der Waals surface area contributed by atoms with Gasteiger partial charge in [0.2, 0.25) is 27.7 Å². The average Bonchev–Trinajstić information content (AvgIpc) is 3.88. The lowest BCUT2D eigenvalue weighted by atomic mass is 10.1. The highest BCUT2D eigenvalue weighted by Crippen LogP contribution is 2.45. The van der Waals surface area contributed by atoms with Crippen LogP contribution in [0.3, 0.4) is 0 Å². The number of rotatable bonds is 11. The molecule has 6 aliphatic rings. The fourth-order valence-electron chi connectivity index (χ4n) is 7.89. The van der Waals surface area contributed by atoms with Crippen LogP contribution in [0.15, 0.2) is 30.9 Å². The van der Waals surface area contributed by atoms with Crippen molar-refractivity contribution in [3.8, 4) is 0 Å². The molecule has 2 saturated carbocycles. The van der Waals surface area contributed by atoms with Crippen LogP contribution in [0.1, 0.15) is 70.4 Å². The Labute approximate surface area is 327 Å². The first-order valence-corrected chi connectivity index (χ1v) is 20.4. The lowest BCUT2D eigenvalue weighted by molar-refractivity contribution is -0.157. The van der Waals surface area contributed by atoms with E-state index in [0.717, 1.165) is 4.90 Å². The number of sulfonamides is 1. The smallest absolute Gasteiger partial charge is 0.410 e. The molecule has 5 fully saturated rings. The fraction of sp³-hybridized carbons (Fsp3) is 0.595. The molecule has 7 rings (SSSR count). The van der Waals surface area contributed by atoms with Gasteiger partial charge in [0.1, 0.15) is 47.3 Å². The van der Waals surface area contributed by atoms with E-state index in [2.05, 4.69) is 21.9 Å². The summed E-state index contributed by atoms with van der Waals surface area (Å²) in [6, 6.07) is 0.495. The van der Waals surface area contributed by atoms with Crippen molar-refractivity contribution in [2.75, 3.05) is 13.1 Å². The van der Waals surface area contributed by atoms with Crippen LogP contribution in [0.2, 0.25) is 0 Å². The highest BCUT2D eigenvalue weighted by atomic mass is 32.2. The maximum absolute atomic E-state index is 14.6. The topological polar surface area (TPSA) is 227 Å². The van der Waals surface area contributed by atoms with E-state index in [1.54, 1.807) is 26.8 Å². The number of hydrogen-bond acceptors (Lipinski definition) is 12. The van der Waals surface area contributed by atoms with E-state index in [-0.39, 0.29) is 38.9 Å². The largest absolute Gasteiger partial charge is 0.459 e. The van der Waals surface area contributed by atoms with E-state index in [1.807, 2.05) is 0 Å². The molecule has 0 radical (unpaired) electrons. The molecule has 4 aliphatic heterocycles. The summed E-state index contributed by atoms with van der Waals surface area (Å²) in [5, 5.41) is 4.33. The van der Waals surface area contributed by atoms with Crippen LogP contribution in [0.4, 0.5) is 14.0 Å². The highest BCUT2D eigenvalue weighted by Gasteiger charge is 2.62. The van der Waals surface area contributed by atoms with Gasteiger partial charge in [0.25, 0.3) is 5.91 Å². The van der Waals surface area contributed by atoms with E-state index in [9.17, 15) is 46.4 Å². The van der Waals surface area contributed by atoms with Crippen LogP contribution in [0.25, 0.3) is 0 Å². The molecule has 3 saturated heterocycles. The number of esters is 1. The first kappa shape index (κ1) is 39.9. The van der Waals surface area contributed by atoms with E-state index in [0.29, 0.717) is 24.0 Å². The number of carbonyl (C=O) groups excluding carboxylic acids is 7. The predicted molar refractivity (Wildman–Crippen MR) is 193 cm³/mol. The number of nitrogens with one attached hydrogen (secondary N) is 3. The van der Waals surface area contributed by atoms with Crippen LogP contribution >= 0.6 is 0 Å². The molecule has 2 aliphatic carbocycles. The number of benzene rings is 1. The molecule has 0 aromatic heterocycles. The molecule has 57 heavy (non-hydrogen) atoms. The highest BCUT2D eigenvalue weighted by molar-refractivity contribution is 7.91. The van der Waals surface area contributed by atoms with Crippen LogP contribution in [0.5, 0.6) is 0 Å². The Bertz CT molecular complexity index is 2040. The van der Waals surface area contributed by atoms with E-state index in [4.69, 9.17) is 14.2 Å². The summed E-state index contributed by atoms with van der Waals surface area (Å²) in [4.78, 5) is 98.3. The first-order chi connectivity index (χ1) is 26.8. The molecule has 1 aromatic carbocycles. The van der Waals surface area contributed by atoms with Crippen molar-refractivity contribution < 1.29 is 60.6 Å². The number of alkyl carbamates (subject to hydrolysis) is 1. The SMILES string of the molecule is C=C[C@@H]1C[C@]1(NC(=O)[C@@H]1C[C@@H](OC(=O)N2Cc3cccc(F)c3C2)CN1C(=O)[C@H](CC(=O)N1C[C@H]2C[C@@H]1C(=O)O2)NC(=O)OC(C)(C)C)C(=O)NS(=O)(=O)C1CC1. The number of carbonyl (C=O) groups is 7. The zero-order valence-corrected chi connectivity index (χ0v) is 32.5. The van der Waals surface area contributed by atoms with Gasteiger partial charge in [-0.05, 0) is 51.7 Å². The number of amides is 6. The zero-order valence-electron chi connectivity index (χ0n) is 31.7. The minimum absolute atomic E-state index is 0.0111. The molecule has 6 amide bonds. The number of hydrogen-bond donors (Lipinski definition) is 3. The van der Waals surface area contributed by atoms with Crippen molar-refractivity contribution in [2.45, 2.75) is 119 Å². The number of morpholine rings is 1. The Morgan fingerprint density at radius 3 is 2.44 bits per heavy atom. The molecule has 0 unspecified atom stereocenters. The Balaban J connectivity index is 1.14. The number of likely N-dealkylation sites (tertiary alicyclic amines) is 2. The quantitative estimate of drug-likeness (QED) is 0.160. The molecule has 18 nitrogen and oxygen atoms in total.